The van der Waals surface area contributed by atoms with Gasteiger partial charge >= 0.3 is 12.4 Å². The Hall–Kier alpha value is -2.51. The lowest BCUT2D eigenvalue weighted by atomic mass is 9.89. The van der Waals surface area contributed by atoms with Crippen LogP contribution in [-0.2, 0) is 17.1 Å². The fourth-order valence-corrected chi connectivity index (χ4v) is 2.55. The highest BCUT2D eigenvalue weighted by molar-refractivity contribution is 5.35. The minimum absolute atomic E-state index is 0.0576. The van der Waals surface area contributed by atoms with E-state index < -0.39 is 47.2 Å². The molecule has 0 bridgehead atoms. The van der Waals surface area contributed by atoms with Crippen molar-refractivity contribution in [2.75, 3.05) is 7.11 Å². The summed E-state index contributed by atoms with van der Waals surface area (Å²) in [6, 6.07) is 5.20. The van der Waals surface area contributed by atoms with E-state index in [9.17, 15) is 36.7 Å². The number of ether oxygens (including phenoxy) is 1. The monoisotopic (exact) mass is 393 g/mol. The number of nitriles is 1. The van der Waals surface area contributed by atoms with Crippen molar-refractivity contribution in [2.45, 2.75) is 24.6 Å². The Morgan fingerprint density at radius 2 is 1.63 bits per heavy atom. The maximum absolute atomic E-state index is 13.0. The van der Waals surface area contributed by atoms with Crippen molar-refractivity contribution in [3.8, 4) is 6.07 Å². The van der Waals surface area contributed by atoms with Crippen molar-refractivity contribution in [3.63, 3.8) is 0 Å². The first-order valence-corrected chi connectivity index (χ1v) is 7.42. The summed E-state index contributed by atoms with van der Waals surface area (Å²) in [6.45, 7) is 0. The van der Waals surface area contributed by atoms with Crippen molar-refractivity contribution < 1.29 is 40.6 Å². The number of aliphatic hydroxyl groups excluding tert-OH is 1. The summed E-state index contributed by atoms with van der Waals surface area (Å²) in [7, 11) is 1.16. The summed E-state index contributed by atoms with van der Waals surface area (Å²) in [5, 5.41) is 19.7. The van der Waals surface area contributed by atoms with Crippen molar-refractivity contribution >= 4 is 0 Å². The van der Waals surface area contributed by atoms with E-state index in [1.165, 1.54) is 18.4 Å². The molecule has 2 aromatic rings. The SMILES string of the molecule is COC(c1ccco1)C(C#N)C(O)c1cc(C(F)(F)F)cc(C(F)(F)F)c1. The third-order valence-electron chi connectivity index (χ3n) is 3.84. The number of alkyl halides is 6. The standard InChI is InChI=1S/C17H13F6NO3/c1-26-15(13-3-2-4-27-13)12(8-24)14(25)9-5-10(16(18,19)20)7-11(6-9)17(21,22)23/h2-7,12,14-15,25H,1H3. The molecule has 1 aromatic heterocycles. The smallest absolute Gasteiger partial charge is 0.416 e. The largest absolute Gasteiger partial charge is 0.467 e. The van der Waals surface area contributed by atoms with Crippen molar-refractivity contribution in [1.82, 2.24) is 0 Å². The second kappa shape index (κ2) is 7.62. The second-order valence-electron chi connectivity index (χ2n) is 5.61. The van der Waals surface area contributed by atoms with Gasteiger partial charge in [-0.2, -0.15) is 31.6 Å². The maximum Gasteiger partial charge on any atom is 0.416 e. The highest BCUT2D eigenvalue weighted by Crippen LogP contribution is 2.40. The Labute approximate surface area is 149 Å². The Balaban J connectivity index is 2.52. The first kappa shape index (κ1) is 20.8. The Bertz CT molecular complexity index is 775. The van der Waals surface area contributed by atoms with Crippen LogP contribution in [-0.4, -0.2) is 12.2 Å². The van der Waals surface area contributed by atoms with Gasteiger partial charge in [-0.25, -0.2) is 0 Å². The summed E-state index contributed by atoms with van der Waals surface area (Å²) < 4.78 is 88.0. The van der Waals surface area contributed by atoms with Crippen LogP contribution in [0.4, 0.5) is 26.3 Å². The molecule has 0 spiro atoms. The van der Waals surface area contributed by atoms with E-state index >= 15 is 0 Å². The molecule has 0 aliphatic heterocycles. The van der Waals surface area contributed by atoms with Gasteiger partial charge in [0.25, 0.3) is 0 Å². The molecule has 3 atom stereocenters. The molecule has 146 valence electrons. The molecule has 3 unspecified atom stereocenters. The van der Waals surface area contributed by atoms with Crippen LogP contribution in [0.1, 0.15) is 34.7 Å². The zero-order valence-electron chi connectivity index (χ0n) is 13.7. The van der Waals surface area contributed by atoms with Crippen molar-refractivity contribution in [1.29, 1.82) is 5.26 Å². The summed E-state index contributed by atoms with van der Waals surface area (Å²) in [5.41, 5.74) is -3.89. The number of hydrogen-bond acceptors (Lipinski definition) is 4. The van der Waals surface area contributed by atoms with E-state index in [1.807, 2.05) is 0 Å². The van der Waals surface area contributed by atoms with Gasteiger partial charge in [-0.3, -0.25) is 0 Å². The molecule has 0 radical (unpaired) electrons. The number of halogens is 6. The number of nitrogens with zero attached hydrogens (tertiary/aromatic N) is 1. The van der Waals surface area contributed by atoms with Crippen LogP contribution in [0.5, 0.6) is 0 Å². The number of rotatable bonds is 5. The number of hydrogen-bond donors (Lipinski definition) is 1. The van der Waals surface area contributed by atoms with E-state index in [1.54, 1.807) is 6.07 Å². The lowest BCUT2D eigenvalue weighted by Gasteiger charge is -2.25. The maximum atomic E-state index is 13.0. The van der Waals surface area contributed by atoms with E-state index in [4.69, 9.17) is 9.15 Å². The van der Waals surface area contributed by atoms with Gasteiger partial charge in [0, 0.05) is 7.11 Å². The van der Waals surface area contributed by atoms with Gasteiger partial charge in [-0.1, -0.05) is 0 Å². The predicted molar refractivity (Wildman–Crippen MR) is 79.0 cm³/mol. The quantitative estimate of drug-likeness (QED) is 0.736. The highest BCUT2D eigenvalue weighted by atomic mass is 19.4. The Kier molecular flexibility index (Phi) is 5.87. The molecule has 0 fully saturated rings. The van der Waals surface area contributed by atoms with Crippen LogP contribution in [0.2, 0.25) is 0 Å². The summed E-state index contributed by atoms with van der Waals surface area (Å²) in [6.07, 6.45) is -12.1. The van der Waals surface area contributed by atoms with Crippen LogP contribution < -0.4 is 0 Å². The first-order valence-electron chi connectivity index (χ1n) is 7.42. The Morgan fingerprint density at radius 3 is 2.00 bits per heavy atom. The molecule has 0 amide bonds. The fourth-order valence-electron chi connectivity index (χ4n) is 2.55. The fraction of sp³-hybridized carbons (Fsp3) is 0.353. The number of methoxy groups -OCH3 is 1. The number of aliphatic hydroxyl groups is 1. The minimum Gasteiger partial charge on any atom is -0.467 e. The lowest BCUT2D eigenvalue weighted by Crippen LogP contribution is -2.22. The third kappa shape index (κ3) is 4.61. The highest BCUT2D eigenvalue weighted by Gasteiger charge is 2.39. The number of benzene rings is 1. The lowest BCUT2D eigenvalue weighted by molar-refractivity contribution is -0.143. The molecule has 10 heteroatoms. The first-order chi connectivity index (χ1) is 12.5. The normalized spacial score (nSPS) is 15.8. The van der Waals surface area contributed by atoms with Crippen LogP contribution in [0.25, 0.3) is 0 Å². The Morgan fingerprint density at radius 1 is 1.07 bits per heavy atom. The van der Waals surface area contributed by atoms with E-state index in [2.05, 4.69) is 0 Å². The van der Waals surface area contributed by atoms with Gasteiger partial charge < -0.3 is 14.3 Å². The van der Waals surface area contributed by atoms with E-state index in [-0.39, 0.29) is 11.8 Å². The molecule has 2 rings (SSSR count). The van der Waals surface area contributed by atoms with Gasteiger partial charge in [0.2, 0.25) is 0 Å². The molecule has 1 aromatic carbocycles. The number of furan rings is 1. The van der Waals surface area contributed by atoms with Crippen LogP contribution in [0.15, 0.2) is 41.0 Å². The minimum atomic E-state index is -5.07. The van der Waals surface area contributed by atoms with Crippen LogP contribution in [0, 0.1) is 17.2 Å². The molecular formula is C17H13F6NO3. The molecule has 0 aliphatic rings. The topological polar surface area (TPSA) is 66.4 Å². The van der Waals surface area contributed by atoms with Crippen molar-refractivity contribution in [2.24, 2.45) is 5.92 Å². The van der Waals surface area contributed by atoms with Gasteiger partial charge in [-0.15, -0.1) is 0 Å². The molecule has 4 nitrogen and oxygen atoms in total. The summed E-state index contributed by atoms with van der Waals surface area (Å²) in [4.78, 5) is 0. The van der Waals surface area contributed by atoms with Gasteiger partial charge in [0.15, 0.2) is 0 Å². The van der Waals surface area contributed by atoms with Crippen LogP contribution in [0.3, 0.4) is 0 Å². The molecular weight excluding hydrogens is 380 g/mol. The van der Waals surface area contributed by atoms with Gasteiger partial charge in [-0.05, 0) is 35.9 Å². The molecule has 0 aliphatic carbocycles. The van der Waals surface area contributed by atoms with E-state index in [0.29, 0.717) is 12.1 Å². The molecule has 0 saturated heterocycles. The van der Waals surface area contributed by atoms with E-state index in [0.717, 1.165) is 7.11 Å². The molecule has 0 saturated carbocycles. The van der Waals surface area contributed by atoms with Gasteiger partial charge in [0.05, 0.1) is 29.6 Å². The predicted octanol–water partition coefficient (Wildman–Crippen LogP) is 4.88. The zero-order valence-corrected chi connectivity index (χ0v) is 13.7. The van der Waals surface area contributed by atoms with Crippen LogP contribution >= 0.6 is 0 Å². The zero-order chi connectivity index (χ0) is 20.4. The average molecular weight is 393 g/mol. The molecule has 1 N–H and O–H groups in total. The second-order valence-corrected chi connectivity index (χ2v) is 5.61. The van der Waals surface area contributed by atoms with Gasteiger partial charge in [0.1, 0.15) is 17.8 Å². The third-order valence-corrected chi connectivity index (χ3v) is 3.84. The summed E-state index contributed by atoms with van der Waals surface area (Å²) >= 11 is 0. The van der Waals surface area contributed by atoms with Crippen molar-refractivity contribution in [3.05, 3.63) is 59.0 Å². The average Bonchev–Trinajstić information content (AvgIpc) is 3.11. The molecule has 27 heavy (non-hydrogen) atoms. The summed E-state index contributed by atoms with van der Waals surface area (Å²) in [5.74, 6) is -1.43. The molecule has 1 heterocycles.